The first-order valence-corrected chi connectivity index (χ1v) is 3.96. The summed E-state index contributed by atoms with van der Waals surface area (Å²) in [5, 5.41) is 10.4. The molecule has 0 aromatic carbocycles. The average Bonchev–Trinajstić information content (AvgIpc) is 2.42. The highest BCUT2D eigenvalue weighted by Crippen LogP contribution is 2.16. The Morgan fingerprint density at radius 2 is 2.00 bits per heavy atom. The van der Waals surface area contributed by atoms with Gasteiger partial charge in [-0.05, 0) is 31.3 Å². The maximum atomic E-state index is 7.00. The molecule has 0 aromatic heterocycles. The molecule has 1 saturated heterocycles. The highest BCUT2D eigenvalue weighted by molar-refractivity contribution is 4.72. The molecule has 1 aliphatic heterocycles. The van der Waals surface area contributed by atoms with Crippen LogP contribution in [0.5, 0.6) is 0 Å². The van der Waals surface area contributed by atoms with E-state index in [0.29, 0.717) is 0 Å². The van der Waals surface area contributed by atoms with Crippen LogP contribution in [0.4, 0.5) is 0 Å². The Kier molecular flexibility index (Phi) is 5.64. The molecule has 1 aliphatic rings. The van der Waals surface area contributed by atoms with Gasteiger partial charge in [-0.15, -0.1) is 0 Å². The van der Waals surface area contributed by atoms with Crippen LogP contribution in [0.1, 0.15) is 20.3 Å². The minimum absolute atomic E-state index is 0.880. The van der Waals surface area contributed by atoms with Gasteiger partial charge in [0.15, 0.2) is 0 Å². The highest BCUT2D eigenvalue weighted by Gasteiger charge is 2.16. The van der Waals surface area contributed by atoms with Gasteiger partial charge in [-0.2, -0.15) is 0 Å². The van der Waals surface area contributed by atoms with Crippen LogP contribution in [0.3, 0.4) is 0 Å². The van der Waals surface area contributed by atoms with Gasteiger partial charge in [0.25, 0.3) is 0 Å². The first-order valence-electron chi connectivity index (χ1n) is 3.96. The van der Waals surface area contributed by atoms with Crippen molar-refractivity contribution < 1.29 is 5.11 Å². The van der Waals surface area contributed by atoms with E-state index in [2.05, 4.69) is 19.2 Å². The lowest BCUT2D eigenvalue weighted by molar-refractivity contribution is 0.399. The monoisotopic (exact) mass is 145 g/mol. The standard InChI is InChI=1S/C7H15N.CH4O/c1-6(2)7-3-4-8-5-7;1-2/h6-8H,3-5H2,1-2H3;2H,1H3. The number of nitrogens with one attached hydrogen (secondary N) is 1. The summed E-state index contributed by atoms with van der Waals surface area (Å²) in [6.45, 7) is 7.09. The zero-order chi connectivity index (χ0) is 7.98. The SMILES string of the molecule is CC(C)C1CCNC1.CO. The lowest BCUT2D eigenvalue weighted by Gasteiger charge is -2.10. The molecular formula is C8H19NO. The third-order valence-electron chi connectivity index (χ3n) is 2.04. The molecule has 1 rings (SSSR count). The maximum absolute atomic E-state index is 7.00. The summed E-state index contributed by atoms with van der Waals surface area (Å²) in [7, 11) is 1.00. The zero-order valence-corrected chi connectivity index (χ0v) is 7.22. The summed E-state index contributed by atoms with van der Waals surface area (Å²) in [6.07, 6.45) is 1.39. The van der Waals surface area contributed by atoms with Gasteiger partial charge in [0.1, 0.15) is 0 Å². The zero-order valence-electron chi connectivity index (χ0n) is 7.22. The quantitative estimate of drug-likeness (QED) is 0.573. The van der Waals surface area contributed by atoms with Crippen molar-refractivity contribution in [3.8, 4) is 0 Å². The number of aliphatic hydroxyl groups excluding tert-OH is 1. The van der Waals surface area contributed by atoms with E-state index < -0.39 is 0 Å². The van der Waals surface area contributed by atoms with Gasteiger partial charge < -0.3 is 10.4 Å². The molecule has 0 bridgehead atoms. The first-order chi connectivity index (χ1) is 4.80. The van der Waals surface area contributed by atoms with Crippen LogP contribution in [0.25, 0.3) is 0 Å². The van der Waals surface area contributed by atoms with E-state index in [1.165, 1.54) is 19.5 Å². The summed E-state index contributed by atoms with van der Waals surface area (Å²) < 4.78 is 0. The van der Waals surface area contributed by atoms with E-state index in [4.69, 9.17) is 5.11 Å². The molecule has 0 radical (unpaired) electrons. The number of rotatable bonds is 1. The Balaban J connectivity index is 0.000000371. The van der Waals surface area contributed by atoms with Gasteiger partial charge in [-0.3, -0.25) is 0 Å². The van der Waals surface area contributed by atoms with Crippen LogP contribution in [0.2, 0.25) is 0 Å². The van der Waals surface area contributed by atoms with E-state index >= 15 is 0 Å². The fraction of sp³-hybridized carbons (Fsp3) is 1.00. The van der Waals surface area contributed by atoms with Gasteiger partial charge >= 0.3 is 0 Å². The van der Waals surface area contributed by atoms with E-state index in [1.807, 2.05) is 0 Å². The van der Waals surface area contributed by atoms with Crippen LogP contribution in [0.15, 0.2) is 0 Å². The average molecular weight is 145 g/mol. The molecule has 0 spiro atoms. The predicted octanol–water partition coefficient (Wildman–Crippen LogP) is 0.860. The molecule has 2 N–H and O–H groups in total. The number of hydrogen-bond acceptors (Lipinski definition) is 2. The van der Waals surface area contributed by atoms with Crippen LogP contribution >= 0.6 is 0 Å². The first kappa shape index (κ1) is 9.92. The van der Waals surface area contributed by atoms with Crippen molar-refractivity contribution in [2.24, 2.45) is 11.8 Å². The van der Waals surface area contributed by atoms with Crippen molar-refractivity contribution >= 4 is 0 Å². The molecule has 1 unspecified atom stereocenters. The van der Waals surface area contributed by atoms with Crippen molar-refractivity contribution in [1.82, 2.24) is 5.32 Å². The molecule has 10 heavy (non-hydrogen) atoms. The molecule has 0 aliphatic carbocycles. The van der Waals surface area contributed by atoms with Gasteiger partial charge in [0.2, 0.25) is 0 Å². The summed E-state index contributed by atoms with van der Waals surface area (Å²) in [6, 6.07) is 0. The van der Waals surface area contributed by atoms with Crippen LogP contribution < -0.4 is 5.32 Å². The van der Waals surface area contributed by atoms with Crippen LogP contribution in [-0.4, -0.2) is 25.3 Å². The van der Waals surface area contributed by atoms with Gasteiger partial charge in [0.05, 0.1) is 0 Å². The van der Waals surface area contributed by atoms with Crippen LogP contribution in [-0.2, 0) is 0 Å². The summed E-state index contributed by atoms with van der Waals surface area (Å²) >= 11 is 0. The van der Waals surface area contributed by atoms with Gasteiger partial charge in [-0.1, -0.05) is 13.8 Å². The normalized spacial score (nSPS) is 24.3. The van der Waals surface area contributed by atoms with Gasteiger partial charge in [-0.25, -0.2) is 0 Å². The van der Waals surface area contributed by atoms with E-state index in [9.17, 15) is 0 Å². The Morgan fingerprint density at radius 1 is 1.40 bits per heavy atom. The van der Waals surface area contributed by atoms with E-state index in [1.54, 1.807) is 0 Å². The molecule has 0 aromatic rings. The molecule has 2 nitrogen and oxygen atoms in total. The smallest absolute Gasteiger partial charge is 0.0319 e. The van der Waals surface area contributed by atoms with Crippen molar-refractivity contribution in [2.45, 2.75) is 20.3 Å². The second-order valence-electron chi connectivity index (χ2n) is 3.00. The molecule has 0 saturated carbocycles. The Labute approximate surface area is 63.6 Å². The third kappa shape index (κ3) is 3.18. The van der Waals surface area contributed by atoms with Gasteiger partial charge in [0, 0.05) is 7.11 Å². The van der Waals surface area contributed by atoms with E-state index in [-0.39, 0.29) is 0 Å². The fourth-order valence-corrected chi connectivity index (χ4v) is 1.25. The van der Waals surface area contributed by atoms with Crippen molar-refractivity contribution in [3.63, 3.8) is 0 Å². The maximum Gasteiger partial charge on any atom is 0.0319 e. The fourth-order valence-electron chi connectivity index (χ4n) is 1.25. The van der Waals surface area contributed by atoms with Crippen LogP contribution in [0, 0.1) is 11.8 Å². The third-order valence-corrected chi connectivity index (χ3v) is 2.04. The van der Waals surface area contributed by atoms with E-state index in [0.717, 1.165) is 18.9 Å². The minimum atomic E-state index is 0.880. The molecule has 1 heterocycles. The van der Waals surface area contributed by atoms with Crippen molar-refractivity contribution in [3.05, 3.63) is 0 Å². The Bertz CT molecular complexity index is 67.7. The summed E-state index contributed by atoms with van der Waals surface area (Å²) in [4.78, 5) is 0. The summed E-state index contributed by atoms with van der Waals surface area (Å²) in [5.74, 6) is 1.83. The Hall–Kier alpha value is -0.0800. The number of aliphatic hydroxyl groups is 1. The molecular weight excluding hydrogens is 126 g/mol. The molecule has 2 heteroatoms. The molecule has 1 fully saturated rings. The predicted molar refractivity (Wildman–Crippen MR) is 44.0 cm³/mol. The molecule has 62 valence electrons. The highest BCUT2D eigenvalue weighted by atomic mass is 16.2. The van der Waals surface area contributed by atoms with Crippen molar-refractivity contribution in [1.29, 1.82) is 0 Å². The number of hydrogen-bond donors (Lipinski definition) is 2. The second kappa shape index (κ2) is 5.69. The second-order valence-corrected chi connectivity index (χ2v) is 3.00. The van der Waals surface area contributed by atoms with Crippen molar-refractivity contribution in [2.75, 3.05) is 20.2 Å². The Morgan fingerprint density at radius 3 is 2.20 bits per heavy atom. The topological polar surface area (TPSA) is 32.3 Å². The lowest BCUT2D eigenvalue weighted by atomic mass is 9.96. The largest absolute Gasteiger partial charge is 0.400 e. The lowest BCUT2D eigenvalue weighted by Crippen LogP contribution is -2.12. The minimum Gasteiger partial charge on any atom is -0.400 e. The molecule has 0 amide bonds. The molecule has 1 atom stereocenters. The summed E-state index contributed by atoms with van der Waals surface area (Å²) in [5.41, 5.74) is 0.